The van der Waals surface area contributed by atoms with E-state index in [1.54, 1.807) is 11.1 Å². The van der Waals surface area contributed by atoms with Crippen LogP contribution in [0.2, 0.25) is 0 Å². The second kappa shape index (κ2) is 5.41. The fraction of sp³-hybridized carbons (Fsp3) is 0.714. The predicted octanol–water partition coefficient (Wildman–Crippen LogP) is 0.418. The van der Waals surface area contributed by atoms with E-state index in [2.05, 4.69) is 0 Å². The Hall–Kier alpha value is -0.380. The Labute approximate surface area is 61.9 Å². The lowest BCUT2D eigenvalue weighted by molar-refractivity contribution is -0.109. The molecule has 0 bridgehead atoms. The summed E-state index contributed by atoms with van der Waals surface area (Å²) < 4.78 is 0. The Morgan fingerprint density at radius 3 is 2.60 bits per heavy atom. The van der Waals surface area contributed by atoms with E-state index in [4.69, 9.17) is 9.94 Å². The number of hydrogen-bond donors (Lipinski definition) is 1. The molecule has 0 spiro atoms. The highest BCUT2D eigenvalue weighted by Gasteiger charge is 1.90. The van der Waals surface area contributed by atoms with Crippen molar-refractivity contribution in [1.82, 2.24) is 5.06 Å². The van der Waals surface area contributed by atoms with Gasteiger partial charge in [0.15, 0.2) is 0 Å². The van der Waals surface area contributed by atoms with E-state index in [-0.39, 0.29) is 6.61 Å². The Bertz CT molecular complexity index is 110. The first-order valence-electron chi connectivity index (χ1n) is 3.23. The number of aliphatic hydroxyl groups is 1. The smallest absolute Gasteiger partial charge is 0.0893 e. The van der Waals surface area contributed by atoms with E-state index in [0.717, 1.165) is 5.57 Å². The molecule has 0 saturated heterocycles. The Morgan fingerprint density at radius 1 is 1.60 bits per heavy atom. The average molecular weight is 145 g/mol. The van der Waals surface area contributed by atoms with Crippen molar-refractivity contribution in [3.63, 3.8) is 0 Å². The van der Waals surface area contributed by atoms with Crippen LogP contribution in [0.3, 0.4) is 0 Å². The Morgan fingerprint density at radius 2 is 2.20 bits per heavy atom. The molecule has 0 atom stereocenters. The zero-order valence-electron chi connectivity index (χ0n) is 6.79. The fourth-order valence-electron chi connectivity index (χ4n) is 0.446. The summed E-state index contributed by atoms with van der Waals surface area (Å²) in [5.74, 6) is 0. The summed E-state index contributed by atoms with van der Waals surface area (Å²) in [4.78, 5) is 5.11. The lowest BCUT2D eigenvalue weighted by Gasteiger charge is -2.09. The molecule has 3 heteroatoms. The van der Waals surface area contributed by atoms with Crippen LogP contribution in [-0.2, 0) is 4.84 Å². The monoisotopic (exact) mass is 145 g/mol. The van der Waals surface area contributed by atoms with Crippen molar-refractivity contribution in [1.29, 1.82) is 0 Å². The maximum atomic E-state index is 8.46. The highest BCUT2D eigenvalue weighted by Crippen LogP contribution is 1.92. The molecule has 0 amide bonds. The summed E-state index contributed by atoms with van der Waals surface area (Å²) in [6.07, 6.45) is 1.73. The van der Waals surface area contributed by atoms with E-state index >= 15 is 0 Å². The predicted molar refractivity (Wildman–Crippen MR) is 40.5 cm³/mol. The lowest BCUT2D eigenvalue weighted by Crippen LogP contribution is -2.13. The standard InChI is InChI=1S/C7H15NO2/c1-7(4-5-9)6-10-8(2)3/h4,9H,5-6H2,1-3H3/b7-4+. The first-order valence-corrected chi connectivity index (χ1v) is 3.23. The zero-order chi connectivity index (χ0) is 7.98. The molecule has 0 aromatic heterocycles. The topological polar surface area (TPSA) is 32.7 Å². The molecule has 0 aliphatic heterocycles. The van der Waals surface area contributed by atoms with Crippen molar-refractivity contribution in [2.24, 2.45) is 0 Å². The molecule has 0 heterocycles. The summed E-state index contributed by atoms with van der Waals surface area (Å²) in [6.45, 7) is 2.55. The SMILES string of the molecule is C/C(=C\CO)CON(C)C. The van der Waals surface area contributed by atoms with Crippen molar-refractivity contribution in [2.45, 2.75) is 6.92 Å². The molecule has 3 nitrogen and oxygen atoms in total. The van der Waals surface area contributed by atoms with Gasteiger partial charge in [0.2, 0.25) is 0 Å². The fourth-order valence-corrected chi connectivity index (χ4v) is 0.446. The zero-order valence-corrected chi connectivity index (χ0v) is 6.79. The van der Waals surface area contributed by atoms with E-state index in [1.165, 1.54) is 0 Å². The quantitative estimate of drug-likeness (QED) is 0.459. The summed E-state index contributed by atoms with van der Waals surface area (Å²) in [5.41, 5.74) is 1.04. The first kappa shape index (κ1) is 9.62. The normalized spacial score (nSPS) is 12.7. The number of hydroxylamine groups is 2. The molecular formula is C7H15NO2. The molecule has 0 aromatic rings. The highest BCUT2D eigenvalue weighted by atomic mass is 16.7. The van der Waals surface area contributed by atoms with Gasteiger partial charge in [0.05, 0.1) is 13.2 Å². The van der Waals surface area contributed by atoms with Gasteiger partial charge in [-0.2, -0.15) is 5.06 Å². The van der Waals surface area contributed by atoms with E-state index in [9.17, 15) is 0 Å². The van der Waals surface area contributed by atoms with Crippen LogP contribution in [0.1, 0.15) is 6.92 Å². The lowest BCUT2D eigenvalue weighted by atomic mass is 10.3. The van der Waals surface area contributed by atoms with Crippen molar-refractivity contribution in [3.8, 4) is 0 Å². The summed E-state index contributed by atoms with van der Waals surface area (Å²) in [5, 5.41) is 10.1. The Balaban J connectivity index is 3.39. The third-order valence-electron chi connectivity index (χ3n) is 0.990. The first-order chi connectivity index (χ1) is 4.66. The van der Waals surface area contributed by atoms with E-state index in [0.29, 0.717) is 6.61 Å². The third kappa shape index (κ3) is 5.75. The molecule has 0 radical (unpaired) electrons. The van der Waals surface area contributed by atoms with Gasteiger partial charge in [-0.15, -0.1) is 0 Å². The van der Waals surface area contributed by atoms with Crippen LogP contribution < -0.4 is 0 Å². The second-order valence-corrected chi connectivity index (χ2v) is 2.32. The van der Waals surface area contributed by atoms with Crippen LogP contribution in [0.5, 0.6) is 0 Å². The van der Waals surface area contributed by atoms with Crippen LogP contribution in [0, 0.1) is 0 Å². The molecule has 60 valence electrons. The molecule has 0 aliphatic rings. The summed E-state index contributed by atoms with van der Waals surface area (Å²) in [7, 11) is 3.65. The maximum absolute atomic E-state index is 8.46. The average Bonchev–Trinajstić information content (AvgIpc) is 1.85. The van der Waals surface area contributed by atoms with Crippen LogP contribution in [0.4, 0.5) is 0 Å². The minimum Gasteiger partial charge on any atom is -0.392 e. The van der Waals surface area contributed by atoms with Gasteiger partial charge in [-0.1, -0.05) is 6.08 Å². The highest BCUT2D eigenvalue weighted by molar-refractivity contribution is 4.97. The molecule has 0 saturated carbocycles. The van der Waals surface area contributed by atoms with Crippen molar-refractivity contribution in [3.05, 3.63) is 11.6 Å². The second-order valence-electron chi connectivity index (χ2n) is 2.32. The van der Waals surface area contributed by atoms with Crippen molar-refractivity contribution < 1.29 is 9.94 Å². The van der Waals surface area contributed by atoms with E-state index < -0.39 is 0 Å². The van der Waals surface area contributed by atoms with Gasteiger partial charge in [-0.3, -0.25) is 4.84 Å². The van der Waals surface area contributed by atoms with Crippen molar-refractivity contribution in [2.75, 3.05) is 27.3 Å². The molecule has 0 aromatic carbocycles. The van der Waals surface area contributed by atoms with Crippen LogP contribution >= 0.6 is 0 Å². The molecule has 0 rings (SSSR count). The van der Waals surface area contributed by atoms with Gasteiger partial charge >= 0.3 is 0 Å². The Kier molecular flexibility index (Phi) is 5.20. The van der Waals surface area contributed by atoms with Gasteiger partial charge in [0.25, 0.3) is 0 Å². The van der Waals surface area contributed by atoms with Gasteiger partial charge in [0, 0.05) is 14.1 Å². The molecular weight excluding hydrogens is 130 g/mol. The number of rotatable bonds is 4. The molecule has 0 unspecified atom stereocenters. The molecule has 0 fully saturated rings. The number of nitrogens with zero attached hydrogens (tertiary/aromatic N) is 1. The summed E-state index contributed by atoms with van der Waals surface area (Å²) >= 11 is 0. The van der Waals surface area contributed by atoms with Crippen LogP contribution in [0.25, 0.3) is 0 Å². The van der Waals surface area contributed by atoms with Gasteiger partial charge in [-0.25, -0.2) is 0 Å². The van der Waals surface area contributed by atoms with Crippen LogP contribution in [0.15, 0.2) is 11.6 Å². The number of aliphatic hydroxyl groups excluding tert-OH is 1. The summed E-state index contributed by atoms with van der Waals surface area (Å²) in [6, 6.07) is 0. The van der Waals surface area contributed by atoms with Gasteiger partial charge < -0.3 is 5.11 Å². The maximum Gasteiger partial charge on any atom is 0.0893 e. The van der Waals surface area contributed by atoms with E-state index in [1.807, 2.05) is 21.0 Å². The third-order valence-corrected chi connectivity index (χ3v) is 0.990. The molecule has 10 heavy (non-hydrogen) atoms. The van der Waals surface area contributed by atoms with Crippen LogP contribution in [-0.4, -0.2) is 37.5 Å². The van der Waals surface area contributed by atoms with Gasteiger partial charge in [-0.05, 0) is 12.5 Å². The minimum absolute atomic E-state index is 0.0859. The largest absolute Gasteiger partial charge is 0.392 e. The van der Waals surface area contributed by atoms with Gasteiger partial charge in [0.1, 0.15) is 0 Å². The minimum atomic E-state index is 0.0859. The molecule has 0 aliphatic carbocycles. The number of hydrogen-bond acceptors (Lipinski definition) is 3. The van der Waals surface area contributed by atoms with Crippen molar-refractivity contribution >= 4 is 0 Å². The molecule has 1 N–H and O–H groups in total.